The molecule has 0 bridgehead atoms. The summed E-state index contributed by atoms with van der Waals surface area (Å²) < 4.78 is 0.964. The summed E-state index contributed by atoms with van der Waals surface area (Å²) in [4.78, 5) is 11.9. The van der Waals surface area contributed by atoms with E-state index in [-0.39, 0.29) is 5.78 Å². The van der Waals surface area contributed by atoms with Crippen molar-refractivity contribution in [3.63, 3.8) is 0 Å². The summed E-state index contributed by atoms with van der Waals surface area (Å²) in [6.07, 6.45) is 4.41. The second kappa shape index (κ2) is 4.48. The zero-order chi connectivity index (χ0) is 10.8. The van der Waals surface area contributed by atoms with Crippen molar-refractivity contribution in [3.8, 4) is 0 Å². The molecule has 1 nitrogen and oxygen atoms in total. The van der Waals surface area contributed by atoms with Gasteiger partial charge in [-0.15, -0.1) is 0 Å². The number of ketones is 1. The van der Waals surface area contributed by atoms with Crippen LogP contribution in [-0.2, 0) is 0 Å². The van der Waals surface area contributed by atoms with Gasteiger partial charge in [-0.3, -0.25) is 4.79 Å². The van der Waals surface area contributed by atoms with Crippen molar-refractivity contribution in [1.82, 2.24) is 0 Å². The minimum atomic E-state index is 0.275. The molecule has 0 spiro atoms. The quantitative estimate of drug-likeness (QED) is 0.749. The molecule has 1 aliphatic carbocycles. The largest absolute Gasteiger partial charge is 0.294 e. The topological polar surface area (TPSA) is 17.1 Å². The smallest absolute Gasteiger partial charge is 0.164 e. The SMILES string of the molecule is Cc1cccc(C(=O)CCC2CC2)c1Br. The van der Waals surface area contributed by atoms with Gasteiger partial charge in [-0.2, -0.15) is 0 Å². The third-order valence-corrected chi connectivity index (χ3v) is 4.02. The third kappa shape index (κ3) is 2.69. The number of hydrogen-bond donors (Lipinski definition) is 0. The standard InChI is InChI=1S/C13H15BrO/c1-9-3-2-4-11(13(9)14)12(15)8-7-10-5-6-10/h2-4,10H,5-8H2,1H3. The lowest BCUT2D eigenvalue weighted by Gasteiger charge is -2.05. The fourth-order valence-corrected chi connectivity index (χ4v) is 2.22. The summed E-state index contributed by atoms with van der Waals surface area (Å²) in [6.45, 7) is 2.02. The molecule has 0 heterocycles. The van der Waals surface area contributed by atoms with Crippen molar-refractivity contribution >= 4 is 21.7 Å². The first-order valence-corrected chi connectivity index (χ1v) is 6.26. The van der Waals surface area contributed by atoms with E-state index in [1.54, 1.807) is 0 Å². The number of rotatable bonds is 4. The van der Waals surface area contributed by atoms with Gasteiger partial charge in [0.05, 0.1) is 0 Å². The Morgan fingerprint density at radius 2 is 2.20 bits per heavy atom. The average molecular weight is 267 g/mol. The van der Waals surface area contributed by atoms with Crippen LogP contribution in [0.4, 0.5) is 0 Å². The molecular weight excluding hydrogens is 252 g/mol. The molecule has 0 atom stereocenters. The second-order valence-electron chi connectivity index (χ2n) is 4.34. The highest BCUT2D eigenvalue weighted by Crippen LogP contribution is 2.34. The number of benzene rings is 1. The zero-order valence-electron chi connectivity index (χ0n) is 8.92. The molecule has 0 amide bonds. The summed E-state index contributed by atoms with van der Waals surface area (Å²) in [5, 5.41) is 0. The van der Waals surface area contributed by atoms with E-state index in [1.165, 1.54) is 12.8 Å². The summed E-state index contributed by atoms with van der Waals surface area (Å²) in [5.74, 6) is 1.11. The Hall–Kier alpha value is -0.630. The molecule has 2 heteroatoms. The fourth-order valence-electron chi connectivity index (χ4n) is 1.74. The van der Waals surface area contributed by atoms with Gasteiger partial charge >= 0.3 is 0 Å². The molecule has 0 radical (unpaired) electrons. The van der Waals surface area contributed by atoms with E-state index in [0.29, 0.717) is 6.42 Å². The highest BCUT2D eigenvalue weighted by Gasteiger charge is 2.22. The highest BCUT2D eigenvalue weighted by atomic mass is 79.9. The van der Waals surface area contributed by atoms with Gasteiger partial charge in [0, 0.05) is 16.5 Å². The maximum atomic E-state index is 11.9. The lowest BCUT2D eigenvalue weighted by molar-refractivity contribution is 0.0977. The van der Waals surface area contributed by atoms with Crippen molar-refractivity contribution in [1.29, 1.82) is 0 Å². The van der Waals surface area contributed by atoms with E-state index in [9.17, 15) is 4.79 Å². The number of aryl methyl sites for hydroxylation is 1. The third-order valence-electron chi connectivity index (χ3n) is 2.97. The molecular formula is C13H15BrO. The fraction of sp³-hybridized carbons (Fsp3) is 0.462. The molecule has 80 valence electrons. The van der Waals surface area contributed by atoms with Crippen LogP contribution >= 0.6 is 15.9 Å². The van der Waals surface area contributed by atoms with Crippen LogP contribution < -0.4 is 0 Å². The first kappa shape index (κ1) is 10.9. The summed E-state index contributed by atoms with van der Waals surface area (Å²) >= 11 is 3.48. The Balaban J connectivity index is 2.06. The lowest BCUT2D eigenvalue weighted by Crippen LogP contribution is -2.01. The molecule has 1 aromatic rings. The Labute approximate surface area is 99.0 Å². The molecule has 0 saturated heterocycles. The van der Waals surface area contributed by atoms with Gasteiger partial charge in [0.1, 0.15) is 0 Å². The molecule has 1 saturated carbocycles. The van der Waals surface area contributed by atoms with Gasteiger partial charge < -0.3 is 0 Å². The van der Waals surface area contributed by atoms with Crippen LogP contribution in [0.3, 0.4) is 0 Å². The molecule has 15 heavy (non-hydrogen) atoms. The van der Waals surface area contributed by atoms with Crippen LogP contribution in [0.5, 0.6) is 0 Å². The van der Waals surface area contributed by atoms with E-state index < -0.39 is 0 Å². The number of carbonyl (C=O) groups is 1. The summed E-state index contributed by atoms with van der Waals surface area (Å²) in [5.41, 5.74) is 1.97. The first-order chi connectivity index (χ1) is 7.18. The van der Waals surface area contributed by atoms with E-state index >= 15 is 0 Å². The Kier molecular flexibility index (Phi) is 3.25. The summed E-state index contributed by atoms with van der Waals surface area (Å²) in [6, 6.07) is 5.87. The number of halogens is 1. The van der Waals surface area contributed by atoms with Crippen molar-refractivity contribution in [2.24, 2.45) is 5.92 Å². The van der Waals surface area contributed by atoms with Gasteiger partial charge in [0.25, 0.3) is 0 Å². The predicted molar refractivity (Wildman–Crippen MR) is 65.2 cm³/mol. The zero-order valence-corrected chi connectivity index (χ0v) is 10.5. The first-order valence-electron chi connectivity index (χ1n) is 5.47. The number of hydrogen-bond acceptors (Lipinski definition) is 1. The van der Waals surface area contributed by atoms with E-state index in [4.69, 9.17) is 0 Å². The van der Waals surface area contributed by atoms with Crippen LogP contribution in [0, 0.1) is 12.8 Å². The molecule has 0 unspecified atom stereocenters. The number of carbonyl (C=O) groups excluding carboxylic acids is 1. The second-order valence-corrected chi connectivity index (χ2v) is 5.13. The van der Waals surface area contributed by atoms with Gasteiger partial charge in [0.2, 0.25) is 0 Å². The lowest BCUT2D eigenvalue weighted by atomic mass is 10.0. The predicted octanol–water partition coefficient (Wildman–Crippen LogP) is 4.13. The molecule has 1 aliphatic rings. The van der Waals surface area contributed by atoms with Crippen molar-refractivity contribution < 1.29 is 4.79 Å². The van der Waals surface area contributed by atoms with Crippen LogP contribution in [0.25, 0.3) is 0 Å². The van der Waals surface area contributed by atoms with Crippen molar-refractivity contribution in [2.45, 2.75) is 32.6 Å². The monoisotopic (exact) mass is 266 g/mol. The Morgan fingerprint density at radius 3 is 2.87 bits per heavy atom. The Bertz CT molecular complexity index is 380. The van der Waals surface area contributed by atoms with Crippen LogP contribution in [0.2, 0.25) is 0 Å². The maximum Gasteiger partial charge on any atom is 0.164 e. The number of Topliss-reactive ketones (excluding diaryl/α,β-unsaturated/α-hetero) is 1. The molecule has 0 aromatic heterocycles. The van der Waals surface area contributed by atoms with Crippen molar-refractivity contribution in [3.05, 3.63) is 33.8 Å². The molecule has 1 aromatic carbocycles. The molecule has 1 fully saturated rings. The van der Waals surface area contributed by atoms with Gasteiger partial charge in [-0.25, -0.2) is 0 Å². The molecule has 2 rings (SSSR count). The van der Waals surface area contributed by atoms with E-state index in [1.807, 2.05) is 25.1 Å². The van der Waals surface area contributed by atoms with Crippen molar-refractivity contribution in [2.75, 3.05) is 0 Å². The average Bonchev–Trinajstić information content (AvgIpc) is 3.02. The van der Waals surface area contributed by atoms with Crippen LogP contribution in [0.1, 0.15) is 41.6 Å². The van der Waals surface area contributed by atoms with E-state index in [2.05, 4.69) is 15.9 Å². The van der Waals surface area contributed by atoms with Gasteiger partial charge in [-0.05, 0) is 40.8 Å². The van der Waals surface area contributed by atoms with E-state index in [0.717, 1.165) is 27.9 Å². The highest BCUT2D eigenvalue weighted by molar-refractivity contribution is 9.10. The molecule has 0 aliphatic heterocycles. The summed E-state index contributed by atoms with van der Waals surface area (Å²) in [7, 11) is 0. The molecule has 0 N–H and O–H groups in total. The Morgan fingerprint density at radius 1 is 1.47 bits per heavy atom. The minimum Gasteiger partial charge on any atom is -0.294 e. The normalized spacial score (nSPS) is 15.3. The minimum absolute atomic E-state index is 0.275. The van der Waals surface area contributed by atoms with Crippen LogP contribution in [0.15, 0.2) is 22.7 Å². The van der Waals surface area contributed by atoms with Gasteiger partial charge in [-0.1, -0.05) is 31.0 Å². The van der Waals surface area contributed by atoms with Crippen LogP contribution in [-0.4, -0.2) is 5.78 Å². The van der Waals surface area contributed by atoms with Gasteiger partial charge in [0.15, 0.2) is 5.78 Å². The maximum absolute atomic E-state index is 11.9.